The molecule has 27 heavy (non-hydrogen) atoms. The summed E-state index contributed by atoms with van der Waals surface area (Å²) in [6.07, 6.45) is 4.86. The van der Waals surface area contributed by atoms with Crippen molar-refractivity contribution in [1.29, 1.82) is 0 Å². The van der Waals surface area contributed by atoms with Crippen LogP contribution in [0.5, 0.6) is 5.75 Å². The van der Waals surface area contributed by atoms with Crippen LogP contribution in [0.15, 0.2) is 24.3 Å². The maximum Gasteiger partial charge on any atom is 0.272 e. The van der Waals surface area contributed by atoms with Crippen molar-refractivity contribution >= 4 is 5.91 Å². The molecular formula is C22H31N3O2. The van der Waals surface area contributed by atoms with Crippen molar-refractivity contribution in [3.8, 4) is 5.75 Å². The Morgan fingerprint density at radius 2 is 2.19 bits per heavy atom. The normalized spacial score (nSPS) is 16.7. The molecule has 3 rings (SSSR count). The van der Waals surface area contributed by atoms with Crippen molar-refractivity contribution in [2.24, 2.45) is 11.3 Å². The smallest absolute Gasteiger partial charge is 0.272 e. The summed E-state index contributed by atoms with van der Waals surface area (Å²) in [5, 5.41) is 10.4. The van der Waals surface area contributed by atoms with E-state index >= 15 is 0 Å². The molecule has 0 saturated carbocycles. The fourth-order valence-electron chi connectivity index (χ4n) is 3.83. The van der Waals surface area contributed by atoms with Crippen LogP contribution in [0.1, 0.15) is 60.9 Å². The number of nitrogens with zero attached hydrogens (tertiary/aromatic N) is 1. The molecule has 0 bridgehead atoms. The second kappa shape index (κ2) is 8.15. The van der Waals surface area contributed by atoms with Gasteiger partial charge in [0.1, 0.15) is 5.75 Å². The van der Waals surface area contributed by atoms with Crippen molar-refractivity contribution in [1.82, 2.24) is 15.5 Å². The van der Waals surface area contributed by atoms with E-state index in [0.29, 0.717) is 18.2 Å². The predicted octanol–water partition coefficient (Wildman–Crippen LogP) is 3.93. The molecule has 0 unspecified atom stereocenters. The van der Waals surface area contributed by atoms with Crippen molar-refractivity contribution < 1.29 is 9.53 Å². The summed E-state index contributed by atoms with van der Waals surface area (Å²) in [5.74, 6) is 1.39. The van der Waals surface area contributed by atoms with Gasteiger partial charge >= 0.3 is 0 Å². The number of carbonyl (C=O) groups is 1. The maximum absolute atomic E-state index is 12.6. The standard InChI is InChI=1S/C22H31N3O2/c1-22(2,3)16-10-11-19-18(14-16)20(25-24-19)21(26)23-12-6-8-15-7-5-9-17(13-15)27-4/h5,7,9,13,16H,6,8,10-12,14H2,1-4H3,(H,23,26)(H,24,25)/t16-/m1/s1. The van der Waals surface area contributed by atoms with E-state index < -0.39 is 0 Å². The first kappa shape index (κ1) is 19.5. The number of fused-ring (bicyclic) bond motifs is 1. The molecule has 1 aliphatic carbocycles. The van der Waals surface area contributed by atoms with Gasteiger partial charge in [-0.2, -0.15) is 5.10 Å². The van der Waals surface area contributed by atoms with Crippen LogP contribution in [0.2, 0.25) is 0 Å². The van der Waals surface area contributed by atoms with Crippen molar-refractivity contribution in [2.45, 2.75) is 52.9 Å². The highest BCUT2D eigenvalue weighted by Crippen LogP contribution is 2.37. The number of ether oxygens (including phenoxy) is 1. The van der Waals surface area contributed by atoms with Crippen LogP contribution in [0, 0.1) is 11.3 Å². The molecule has 0 spiro atoms. The SMILES string of the molecule is COc1cccc(CCCNC(=O)c2n[nH]c3c2C[C@H](C(C)(C)C)CC3)c1. The van der Waals surface area contributed by atoms with Gasteiger partial charge in [0.2, 0.25) is 0 Å². The van der Waals surface area contributed by atoms with Crippen LogP contribution < -0.4 is 10.1 Å². The van der Waals surface area contributed by atoms with Gasteiger partial charge in [-0.1, -0.05) is 32.9 Å². The zero-order valence-electron chi connectivity index (χ0n) is 16.9. The van der Waals surface area contributed by atoms with Crippen molar-refractivity contribution in [3.05, 3.63) is 46.8 Å². The summed E-state index contributed by atoms with van der Waals surface area (Å²) in [6, 6.07) is 8.06. The third-order valence-corrected chi connectivity index (χ3v) is 5.65. The largest absolute Gasteiger partial charge is 0.497 e. The lowest BCUT2D eigenvalue weighted by Gasteiger charge is -2.33. The van der Waals surface area contributed by atoms with Gasteiger partial charge < -0.3 is 10.1 Å². The molecule has 5 nitrogen and oxygen atoms in total. The second-order valence-electron chi connectivity index (χ2n) is 8.55. The summed E-state index contributed by atoms with van der Waals surface area (Å²) < 4.78 is 5.25. The Balaban J connectivity index is 1.54. The predicted molar refractivity (Wildman–Crippen MR) is 107 cm³/mol. The number of carbonyl (C=O) groups excluding carboxylic acids is 1. The number of aromatic amines is 1. The van der Waals surface area contributed by atoms with E-state index in [1.165, 1.54) is 5.56 Å². The third kappa shape index (κ3) is 4.71. The lowest BCUT2D eigenvalue weighted by atomic mass is 9.71. The van der Waals surface area contributed by atoms with E-state index in [9.17, 15) is 4.79 Å². The number of amides is 1. The fraction of sp³-hybridized carbons (Fsp3) is 0.545. The quantitative estimate of drug-likeness (QED) is 0.758. The molecule has 1 amide bonds. The summed E-state index contributed by atoms with van der Waals surface area (Å²) in [5.41, 5.74) is 4.30. The van der Waals surface area contributed by atoms with E-state index in [4.69, 9.17) is 4.74 Å². The molecule has 0 fully saturated rings. The summed E-state index contributed by atoms with van der Waals surface area (Å²) in [7, 11) is 1.67. The number of aryl methyl sites for hydroxylation is 2. The first-order chi connectivity index (χ1) is 12.9. The Morgan fingerprint density at radius 1 is 1.37 bits per heavy atom. The summed E-state index contributed by atoms with van der Waals surface area (Å²) >= 11 is 0. The lowest BCUT2D eigenvalue weighted by molar-refractivity contribution is 0.0946. The number of aromatic nitrogens is 2. The fourth-order valence-corrected chi connectivity index (χ4v) is 3.83. The maximum atomic E-state index is 12.6. The summed E-state index contributed by atoms with van der Waals surface area (Å²) in [6.45, 7) is 7.48. The first-order valence-corrected chi connectivity index (χ1v) is 9.85. The average molecular weight is 370 g/mol. The number of hydrogen-bond acceptors (Lipinski definition) is 3. The number of rotatable bonds is 6. The molecule has 2 aromatic rings. The van der Waals surface area contributed by atoms with Gasteiger partial charge in [0.25, 0.3) is 5.91 Å². The molecule has 1 aromatic carbocycles. The van der Waals surface area contributed by atoms with Gasteiger partial charge in [-0.05, 0) is 61.1 Å². The van der Waals surface area contributed by atoms with Crippen molar-refractivity contribution in [2.75, 3.05) is 13.7 Å². The van der Waals surface area contributed by atoms with Gasteiger partial charge in [0, 0.05) is 17.8 Å². The van der Waals surface area contributed by atoms with E-state index in [0.717, 1.165) is 49.1 Å². The lowest BCUT2D eigenvalue weighted by Crippen LogP contribution is -2.30. The summed E-state index contributed by atoms with van der Waals surface area (Å²) in [4.78, 5) is 12.6. The topological polar surface area (TPSA) is 67.0 Å². The van der Waals surface area contributed by atoms with Crippen LogP contribution in [-0.4, -0.2) is 29.8 Å². The van der Waals surface area contributed by atoms with E-state index in [-0.39, 0.29) is 11.3 Å². The molecular weight excluding hydrogens is 338 g/mol. The third-order valence-electron chi connectivity index (χ3n) is 5.65. The number of H-pyrrole nitrogens is 1. The van der Waals surface area contributed by atoms with Crippen LogP contribution in [-0.2, 0) is 19.3 Å². The Morgan fingerprint density at radius 3 is 2.93 bits per heavy atom. The molecule has 1 aromatic heterocycles. The first-order valence-electron chi connectivity index (χ1n) is 9.85. The molecule has 1 aliphatic rings. The Bertz CT molecular complexity index is 789. The minimum atomic E-state index is -0.0623. The van der Waals surface area contributed by atoms with Crippen LogP contribution in [0.4, 0.5) is 0 Å². The molecule has 0 saturated heterocycles. The van der Waals surface area contributed by atoms with Gasteiger partial charge in [0.15, 0.2) is 5.69 Å². The molecule has 2 N–H and O–H groups in total. The highest BCUT2D eigenvalue weighted by atomic mass is 16.5. The van der Waals surface area contributed by atoms with E-state index in [2.05, 4.69) is 42.4 Å². The highest BCUT2D eigenvalue weighted by molar-refractivity contribution is 5.94. The zero-order valence-corrected chi connectivity index (χ0v) is 16.9. The second-order valence-corrected chi connectivity index (χ2v) is 8.55. The number of methoxy groups -OCH3 is 1. The molecule has 1 atom stereocenters. The zero-order chi connectivity index (χ0) is 19.4. The van der Waals surface area contributed by atoms with Gasteiger partial charge in [0.05, 0.1) is 7.11 Å². The van der Waals surface area contributed by atoms with E-state index in [1.807, 2.05) is 18.2 Å². The minimum Gasteiger partial charge on any atom is -0.497 e. The van der Waals surface area contributed by atoms with Gasteiger partial charge in [-0.15, -0.1) is 0 Å². The Hall–Kier alpha value is -2.30. The molecule has 0 aliphatic heterocycles. The molecule has 5 heteroatoms. The number of nitrogens with one attached hydrogen (secondary N) is 2. The monoisotopic (exact) mass is 369 g/mol. The Kier molecular flexibility index (Phi) is 5.88. The van der Waals surface area contributed by atoms with Crippen LogP contribution in [0.25, 0.3) is 0 Å². The van der Waals surface area contributed by atoms with Crippen molar-refractivity contribution in [3.63, 3.8) is 0 Å². The molecule has 1 heterocycles. The highest BCUT2D eigenvalue weighted by Gasteiger charge is 2.32. The van der Waals surface area contributed by atoms with E-state index in [1.54, 1.807) is 7.11 Å². The number of hydrogen-bond donors (Lipinski definition) is 2. The van der Waals surface area contributed by atoms with Gasteiger partial charge in [-0.3, -0.25) is 9.89 Å². The Labute approximate surface area is 161 Å². The average Bonchev–Trinajstić information content (AvgIpc) is 3.08. The minimum absolute atomic E-state index is 0.0623. The van der Waals surface area contributed by atoms with Gasteiger partial charge in [-0.25, -0.2) is 0 Å². The van der Waals surface area contributed by atoms with Crippen LogP contribution in [0.3, 0.4) is 0 Å². The van der Waals surface area contributed by atoms with Crippen LogP contribution >= 0.6 is 0 Å². The number of benzene rings is 1. The molecule has 146 valence electrons. The molecule has 0 radical (unpaired) electrons.